The third-order valence-corrected chi connectivity index (χ3v) is 3.52. The van der Waals surface area contributed by atoms with E-state index in [1.54, 1.807) is 0 Å². The molecule has 1 fully saturated rings. The molecule has 0 amide bonds. The molecule has 5 nitrogen and oxygen atoms in total. The lowest BCUT2D eigenvalue weighted by Gasteiger charge is -2.25. The topological polar surface area (TPSA) is 67.1 Å². The largest absolute Gasteiger partial charge is 0.370 e. The van der Waals surface area contributed by atoms with Crippen molar-refractivity contribution in [3.63, 3.8) is 0 Å². The van der Waals surface area contributed by atoms with Crippen LogP contribution < -0.4 is 16.0 Å². The molecule has 1 heterocycles. The number of nitrogens with two attached hydrogens (primary N) is 1. The van der Waals surface area contributed by atoms with Crippen LogP contribution in [0.25, 0.3) is 0 Å². The molecule has 1 aromatic rings. The SMILES string of the molecule is CCCNc1cc(N(CCC(C)C)C2CC2)nc(N)n1. The van der Waals surface area contributed by atoms with E-state index in [0.717, 1.165) is 31.1 Å². The molecule has 0 aromatic carbocycles. The van der Waals surface area contributed by atoms with E-state index in [2.05, 4.69) is 41.0 Å². The number of rotatable bonds is 8. The molecule has 0 atom stereocenters. The third-order valence-electron chi connectivity index (χ3n) is 3.52. The molecule has 0 unspecified atom stereocenters. The molecule has 20 heavy (non-hydrogen) atoms. The van der Waals surface area contributed by atoms with Crippen molar-refractivity contribution in [1.82, 2.24) is 9.97 Å². The highest BCUT2D eigenvalue weighted by Gasteiger charge is 2.30. The molecule has 112 valence electrons. The van der Waals surface area contributed by atoms with Gasteiger partial charge in [-0.05, 0) is 31.6 Å². The van der Waals surface area contributed by atoms with Crippen LogP contribution in [0.3, 0.4) is 0 Å². The van der Waals surface area contributed by atoms with Crippen LogP contribution in [0.15, 0.2) is 6.07 Å². The van der Waals surface area contributed by atoms with Gasteiger partial charge in [0.05, 0.1) is 0 Å². The Labute approximate surface area is 122 Å². The summed E-state index contributed by atoms with van der Waals surface area (Å²) in [7, 11) is 0. The van der Waals surface area contributed by atoms with Crippen molar-refractivity contribution in [2.45, 2.75) is 52.5 Å². The van der Waals surface area contributed by atoms with Crippen LogP contribution >= 0.6 is 0 Å². The molecule has 1 aliphatic carbocycles. The molecule has 0 radical (unpaired) electrons. The van der Waals surface area contributed by atoms with Crippen molar-refractivity contribution in [2.24, 2.45) is 5.92 Å². The van der Waals surface area contributed by atoms with Gasteiger partial charge in [-0.25, -0.2) is 0 Å². The highest BCUT2D eigenvalue weighted by atomic mass is 15.3. The van der Waals surface area contributed by atoms with E-state index in [4.69, 9.17) is 5.73 Å². The average molecular weight is 277 g/mol. The summed E-state index contributed by atoms with van der Waals surface area (Å²) in [5, 5.41) is 3.30. The monoisotopic (exact) mass is 277 g/mol. The molecule has 0 bridgehead atoms. The normalized spacial score (nSPS) is 14.6. The van der Waals surface area contributed by atoms with E-state index in [1.165, 1.54) is 19.3 Å². The van der Waals surface area contributed by atoms with Crippen LogP contribution in [0.1, 0.15) is 46.5 Å². The van der Waals surface area contributed by atoms with E-state index in [1.807, 2.05) is 6.07 Å². The van der Waals surface area contributed by atoms with Gasteiger partial charge >= 0.3 is 0 Å². The van der Waals surface area contributed by atoms with Crippen LogP contribution in [0.5, 0.6) is 0 Å². The van der Waals surface area contributed by atoms with Gasteiger partial charge in [0.1, 0.15) is 11.6 Å². The lowest BCUT2D eigenvalue weighted by molar-refractivity contribution is 0.568. The second kappa shape index (κ2) is 6.77. The van der Waals surface area contributed by atoms with Crippen molar-refractivity contribution in [3.8, 4) is 0 Å². The van der Waals surface area contributed by atoms with Gasteiger partial charge in [0.25, 0.3) is 0 Å². The van der Waals surface area contributed by atoms with E-state index >= 15 is 0 Å². The molecule has 0 saturated heterocycles. The Bertz CT molecular complexity index is 428. The summed E-state index contributed by atoms with van der Waals surface area (Å²) in [6.45, 7) is 8.61. The van der Waals surface area contributed by atoms with Crippen LogP contribution in [-0.2, 0) is 0 Å². The van der Waals surface area contributed by atoms with Gasteiger partial charge < -0.3 is 16.0 Å². The molecule has 5 heteroatoms. The summed E-state index contributed by atoms with van der Waals surface area (Å²) in [6.07, 6.45) is 4.77. The minimum Gasteiger partial charge on any atom is -0.370 e. The fourth-order valence-corrected chi connectivity index (χ4v) is 2.21. The fourth-order valence-electron chi connectivity index (χ4n) is 2.21. The van der Waals surface area contributed by atoms with E-state index < -0.39 is 0 Å². The predicted octanol–water partition coefficient (Wildman–Crippen LogP) is 2.90. The second-order valence-electron chi connectivity index (χ2n) is 6.00. The van der Waals surface area contributed by atoms with Gasteiger partial charge in [0, 0.05) is 25.2 Å². The summed E-state index contributed by atoms with van der Waals surface area (Å²) in [5.41, 5.74) is 5.86. The predicted molar refractivity (Wildman–Crippen MR) is 85.0 cm³/mol. The summed E-state index contributed by atoms with van der Waals surface area (Å²) < 4.78 is 0. The van der Waals surface area contributed by atoms with Gasteiger partial charge in [0.15, 0.2) is 0 Å². The Morgan fingerprint density at radius 1 is 1.40 bits per heavy atom. The quantitative estimate of drug-likeness (QED) is 0.765. The highest BCUT2D eigenvalue weighted by Crippen LogP contribution is 2.32. The molecular weight excluding hydrogens is 250 g/mol. The summed E-state index contributed by atoms with van der Waals surface area (Å²) in [5.74, 6) is 2.87. The maximum Gasteiger partial charge on any atom is 0.223 e. The minimum atomic E-state index is 0.358. The lowest BCUT2D eigenvalue weighted by atomic mass is 10.1. The number of nitrogens with zero attached hydrogens (tertiary/aromatic N) is 3. The Hall–Kier alpha value is -1.52. The maximum atomic E-state index is 5.86. The van der Waals surface area contributed by atoms with Gasteiger partial charge in [-0.1, -0.05) is 20.8 Å². The van der Waals surface area contributed by atoms with Crippen LogP contribution in [-0.4, -0.2) is 29.1 Å². The zero-order valence-electron chi connectivity index (χ0n) is 12.9. The van der Waals surface area contributed by atoms with Crippen LogP contribution in [0.4, 0.5) is 17.6 Å². The van der Waals surface area contributed by atoms with E-state index in [-0.39, 0.29) is 0 Å². The number of hydrogen-bond donors (Lipinski definition) is 2. The molecular formula is C15H27N5. The number of nitrogen functional groups attached to an aromatic ring is 1. The van der Waals surface area contributed by atoms with Gasteiger partial charge in [-0.3, -0.25) is 0 Å². The second-order valence-corrected chi connectivity index (χ2v) is 6.00. The summed E-state index contributed by atoms with van der Waals surface area (Å²) in [4.78, 5) is 11.1. The third kappa shape index (κ3) is 4.25. The molecule has 1 aromatic heterocycles. The average Bonchev–Trinajstić information content (AvgIpc) is 3.20. The van der Waals surface area contributed by atoms with Gasteiger partial charge in [0.2, 0.25) is 5.95 Å². The molecule has 3 N–H and O–H groups in total. The van der Waals surface area contributed by atoms with Crippen LogP contribution in [0.2, 0.25) is 0 Å². The highest BCUT2D eigenvalue weighted by molar-refractivity contribution is 5.53. The van der Waals surface area contributed by atoms with E-state index in [0.29, 0.717) is 17.9 Å². The van der Waals surface area contributed by atoms with Crippen molar-refractivity contribution in [1.29, 1.82) is 0 Å². The minimum absolute atomic E-state index is 0.358. The number of nitrogens with one attached hydrogen (secondary N) is 1. The van der Waals surface area contributed by atoms with Crippen molar-refractivity contribution < 1.29 is 0 Å². The standard InChI is InChI=1S/C15H27N5/c1-4-8-17-13-10-14(19-15(16)18-13)20(12-5-6-12)9-7-11(2)3/h10-12H,4-9H2,1-3H3,(H3,16,17,18,19). The molecule has 0 spiro atoms. The zero-order chi connectivity index (χ0) is 14.5. The van der Waals surface area contributed by atoms with Crippen molar-refractivity contribution >= 4 is 17.6 Å². The lowest BCUT2D eigenvalue weighted by Crippen LogP contribution is -2.29. The smallest absolute Gasteiger partial charge is 0.223 e. The first-order valence-electron chi connectivity index (χ1n) is 7.75. The Balaban J connectivity index is 2.12. The van der Waals surface area contributed by atoms with Crippen LogP contribution in [0, 0.1) is 5.92 Å². The van der Waals surface area contributed by atoms with Gasteiger partial charge in [-0.15, -0.1) is 0 Å². The summed E-state index contributed by atoms with van der Waals surface area (Å²) in [6, 6.07) is 2.67. The van der Waals surface area contributed by atoms with Gasteiger partial charge in [-0.2, -0.15) is 9.97 Å². The number of aromatic nitrogens is 2. The Kier molecular flexibility index (Phi) is 5.04. The summed E-state index contributed by atoms with van der Waals surface area (Å²) >= 11 is 0. The number of hydrogen-bond acceptors (Lipinski definition) is 5. The first-order valence-corrected chi connectivity index (χ1v) is 7.75. The molecule has 1 aliphatic rings. The van der Waals surface area contributed by atoms with Crippen molar-refractivity contribution in [3.05, 3.63) is 6.07 Å². The zero-order valence-corrected chi connectivity index (χ0v) is 12.9. The maximum absolute atomic E-state index is 5.86. The van der Waals surface area contributed by atoms with Crippen molar-refractivity contribution in [2.75, 3.05) is 29.0 Å². The Morgan fingerprint density at radius 3 is 2.75 bits per heavy atom. The molecule has 2 rings (SSSR count). The Morgan fingerprint density at radius 2 is 2.15 bits per heavy atom. The first-order chi connectivity index (χ1) is 9.60. The molecule has 0 aliphatic heterocycles. The first kappa shape index (κ1) is 14.9. The molecule has 1 saturated carbocycles. The van der Waals surface area contributed by atoms with E-state index in [9.17, 15) is 0 Å². The number of anilines is 3. The fraction of sp³-hybridized carbons (Fsp3) is 0.733.